The van der Waals surface area contributed by atoms with E-state index in [0.717, 1.165) is 11.3 Å². The Morgan fingerprint density at radius 1 is 1.56 bits per heavy atom. The molecule has 88 valence electrons. The van der Waals surface area contributed by atoms with E-state index in [4.69, 9.17) is 4.74 Å². The summed E-state index contributed by atoms with van der Waals surface area (Å²) in [5.41, 5.74) is 0.899. The van der Waals surface area contributed by atoms with Crippen LogP contribution in [0, 0.1) is 0 Å². The lowest BCUT2D eigenvalue weighted by Crippen LogP contribution is -2.27. The zero-order valence-electron chi connectivity index (χ0n) is 9.40. The molecule has 1 aromatic carbocycles. The number of benzene rings is 1. The van der Waals surface area contributed by atoms with E-state index in [1.807, 2.05) is 17.8 Å². The molecule has 1 aromatic rings. The lowest BCUT2D eigenvalue weighted by atomic mass is 10.1. The summed E-state index contributed by atoms with van der Waals surface area (Å²) in [5, 5.41) is 13.2. The summed E-state index contributed by atoms with van der Waals surface area (Å²) in [6, 6.07) is 5.91. The maximum Gasteiger partial charge on any atom is 0.120 e. The van der Waals surface area contributed by atoms with Gasteiger partial charge in [0, 0.05) is 23.9 Å². The second kappa shape index (κ2) is 5.46. The highest BCUT2D eigenvalue weighted by Crippen LogP contribution is 2.23. The van der Waals surface area contributed by atoms with Gasteiger partial charge in [-0.15, -0.1) is 0 Å². The normalized spacial score (nSPS) is 19.9. The highest BCUT2D eigenvalue weighted by Gasteiger charge is 2.15. The topological polar surface area (TPSA) is 41.5 Å². The molecule has 0 aliphatic carbocycles. The van der Waals surface area contributed by atoms with Crippen LogP contribution in [0.4, 0.5) is 0 Å². The first kappa shape index (κ1) is 11.6. The number of nitrogens with one attached hydrogen (secondary N) is 1. The van der Waals surface area contributed by atoms with Crippen LogP contribution in [0.3, 0.4) is 0 Å². The van der Waals surface area contributed by atoms with Crippen LogP contribution in [0.25, 0.3) is 0 Å². The van der Waals surface area contributed by atoms with Crippen LogP contribution in [0.15, 0.2) is 18.2 Å². The molecule has 1 aliphatic heterocycles. The number of aromatic hydroxyl groups is 1. The molecule has 0 amide bonds. The number of thioether (sulfide) groups is 1. The molecular weight excluding hydrogens is 222 g/mol. The molecule has 4 heteroatoms. The zero-order chi connectivity index (χ0) is 11.4. The molecule has 2 N–H and O–H groups in total. The van der Waals surface area contributed by atoms with Crippen LogP contribution in [0.1, 0.15) is 12.0 Å². The van der Waals surface area contributed by atoms with E-state index < -0.39 is 0 Å². The SMILES string of the molecule is COc1ccc(O)c(CNC2CCSC2)c1. The molecule has 0 radical (unpaired) electrons. The van der Waals surface area contributed by atoms with Crippen LogP contribution in [-0.2, 0) is 6.54 Å². The van der Waals surface area contributed by atoms with Crippen molar-refractivity contribution >= 4 is 11.8 Å². The Hall–Kier alpha value is -0.870. The van der Waals surface area contributed by atoms with Gasteiger partial charge in [0.15, 0.2) is 0 Å². The maximum atomic E-state index is 9.70. The Morgan fingerprint density at radius 3 is 3.12 bits per heavy atom. The van der Waals surface area contributed by atoms with Crippen molar-refractivity contribution in [1.82, 2.24) is 5.32 Å². The molecule has 2 rings (SSSR count). The molecule has 0 aromatic heterocycles. The van der Waals surface area contributed by atoms with E-state index in [9.17, 15) is 5.11 Å². The largest absolute Gasteiger partial charge is 0.508 e. The van der Waals surface area contributed by atoms with Gasteiger partial charge < -0.3 is 15.2 Å². The van der Waals surface area contributed by atoms with Crippen molar-refractivity contribution < 1.29 is 9.84 Å². The highest BCUT2D eigenvalue weighted by atomic mass is 32.2. The van der Waals surface area contributed by atoms with Crippen molar-refractivity contribution in [3.8, 4) is 11.5 Å². The van der Waals surface area contributed by atoms with Crippen LogP contribution >= 0.6 is 11.8 Å². The van der Waals surface area contributed by atoms with Gasteiger partial charge in [0.1, 0.15) is 11.5 Å². The van der Waals surface area contributed by atoms with Gasteiger partial charge in [-0.05, 0) is 30.4 Å². The first-order valence-electron chi connectivity index (χ1n) is 5.46. The Balaban J connectivity index is 1.96. The number of hydrogen-bond acceptors (Lipinski definition) is 4. The van der Waals surface area contributed by atoms with Crippen molar-refractivity contribution in [3.05, 3.63) is 23.8 Å². The maximum absolute atomic E-state index is 9.70. The minimum absolute atomic E-state index is 0.332. The van der Waals surface area contributed by atoms with Gasteiger partial charge in [-0.2, -0.15) is 11.8 Å². The van der Waals surface area contributed by atoms with Gasteiger partial charge >= 0.3 is 0 Å². The van der Waals surface area contributed by atoms with Crippen LogP contribution in [-0.4, -0.2) is 29.8 Å². The third-order valence-electron chi connectivity index (χ3n) is 2.80. The van der Waals surface area contributed by atoms with Crippen molar-refractivity contribution in [2.45, 2.75) is 19.0 Å². The van der Waals surface area contributed by atoms with Crippen molar-refractivity contribution in [2.24, 2.45) is 0 Å². The number of phenolic OH excluding ortho intramolecular Hbond substituents is 1. The van der Waals surface area contributed by atoms with Gasteiger partial charge in [-0.1, -0.05) is 0 Å². The predicted octanol–water partition coefficient (Wildman–Crippen LogP) is 2.00. The summed E-state index contributed by atoms with van der Waals surface area (Å²) in [5.74, 6) is 3.53. The molecule has 3 nitrogen and oxygen atoms in total. The van der Waals surface area contributed by atoms with Crippen LogP contribution in [0.5, 0.6) is 11.5 Å². The number of ether oxygens (including phenoxy) is 1. The first-order valence-corrected chi connectivity index (χ1v) is 6.62. The van der Waals surface area contributed by atoms with Gasteiger partial charge in [-0.25, -0.2) is 0 Å². The molecule has 0 saturated carbocycles. The fraction of sp³-hybridized carbons (Fsp3) is 0.500. The predicted molar refractivity (Wildman–Crippen MR) is 67.2 cm³/mol. The average Bonchev–Trinajstić information content (AvgIpc) is 2.81. The summed E-state index contributed by atoms with van der Waals surface area (Å²) in [7, 11) is 1.64. The molecule has 1 atom stereocenters. The molecule has 16 heavy (non-hydrogen) atoms. The summed E-state index contributed by atoms with van der Waals surface area (Å²) in [6.45, 7) is 0.703. The van der Waals surface area contributed by atoms with Gasteiger partial charge in [-0.3, -0.25) is 0 Å². The van der Waals surface area contributed by atoms with Crippen molar-refractivity contribution in [3.63, 3.8) is 0 Å². The average molecular weight is 239 g/mol. The summed E-state index contributed by atoms with van der Waals surface area (Å²) >= 11 is 1.98. The van der Waals surface area contributed by atoms with E-state index in [1.165, 1.54) is 17.9 Å². The first-order chi connectivity index (χ1) is 7.79. The van der Waals surface area contributed by atoms with Crippen molar-refractivity contribution in [1.29, 1.82) is 0 Å². The summed E-state index contributed by atoms with van der Waals surface area (Å²) < 4.78 is 5.14. The van der Waals surface area contributed by atoms with Crippen LogP contribution < -0.4 is 10.1 Å². The van der Waals surface area contributed by atoms with Gasteiger partial charge in [0.05, 0.1) is 7.11 Å². The third kappa shape index (κ3) is 2.83. The second-order valence-corrected chi connectivity index (χ2v) is 5.09. The minimum Gasteiger partial charge on any atom is -0.508 e. The highest BCUT2D eigenvalue weighted by molar-refractivity contribution is 7.99. The molecular formula is C12H17NO2S. The van der Waals surface area contributed by atoms with E-state index >= 15 is 0 Å². The second-order valence-electron chi connectivity index (χ2n) is 3.94. The fourth-order valence-electron chi connectivity index (χ4n) is 1.78. The monoisotopic (exact) mass is 239 g/mol. The standard InChI is InChI=1S/C12H17NO2S/c1-15-11-2-3-12(14)9(6-11)7-13-10-4-5-16-8-10/h2-3,6,10,13-14H,4-5,7-8H2,1H3. The molecule has 0 bridgehead atoms. The Bertz CT molecular complexity index is 351. The fourth-order valence-corrected chi connectivity index (χ4v) is 2.97. The quantitative estimate of drug-likeness (QED) is 0.843. The number of methoxy groups -OCH3 is 1. The van der Waals surface area contributed by atoms with E-state index in [-0.39, 0.29) is 0 Å². The van der Waals surface area contributed by atoms with E-state index in [2.05, 4.69) is 5.32 Å². The van der Waals surface area contributed by atoms with Crippen LogP contribution in [0.2, 0.25) is 0 Å². The molecule has 0 spiro atoms. The lowest BCUT2D eigenvalue weighted by Gasteiger charge is -2.12. The van der Waals surface area contributed by atoms with Gasteiger partial charge in [0.25, 0.3) is 0 Å². The smallest absolute Gasteiger partial charge is 0.120 e. The van der Waals surface area contributed by atoms with E-state index in [1.54, 1.807) is 19.2 Å². The summed E-state index contributed by atoms with van der Waals surface area (Å²) in [4.78, 5) is 0. The third-order valence-corrected chi connectivity index (χ3v) is 3.96. The molecule has 1 unspecified atom stereocenters. The number of phenols is 1. The van der Waals surface area contributed by atoms with E-state index in [0.29, 0.717) is 18.3 Å². The van der Waals surface area contributed by atoms with Crippen molar-refractivity contribution in [2.75, 3.05) is 18.6 Å². The number of rotatable bonds is 4. The zero-order valence-corrected chi connectivity index (χ0v) is 10.2. The Morgan fingerprint density at radius 2 is 2.44 bits per heavy atom. The Labute approximate surface area is 100 Å². The molecule has 1 heterocycles. The molecule has 1 saturated heterocycles. The molecule has 1 fully saturated rings. The lowest BCUT2D eigenvalue weighted by molar-refractivity contribution is 0.409. The molecule has 1 aliphatic rings. The number of hydrogen-bond donors (Lipinski definition) is 2. The Kier molecular flexibility index (Phi) is 3.96. The summed E-state index contributed by atoms with van der Waals surface area (Å²) in [6.07, 6.45) is 1.22. The van der Waals surface area contributed by atoms with Gasteiger partial charge in [0.2, 0.25) is 0 Å². The minimum atomic E-state index is 0.332.